The quantitative estimate of drug-likeness (QED) is 0.674. The Labute approximate surface area is 197 Å². The third-order valence-electron chi connectivity index (χ3n) is 5.40. The molecule has 0 radical (unpaired) electrons. The largest absolute Gasteiger partial charge is 0.324 e. The molecule has 32 heavy (non-hydrogen) atoms. The lowest BCUT2D eigenvalue weighted by Gasteiger charge is -2.22. The Bertz CT molecular complexity index is 1180. The van der Waals surface area contributed by atoms with Crippen molar-refractivity contribution in [3.8, 4) is 0 Å². The summed E-state index contributed by atoms with van der Waals surface area (Å²) < 4.78 is 29.0. The summed E-state index contributed by atoms with van der Waals surface area (Å²) in [7, 11) is -1.77. The molecule has 1 saturated heterocycles. The SMILES string of the molecule is Cc1ccc(NC(=O)[C@H](C)n2ncc(Cl)c(Cl)c2=O)cc1S(=O)(=O)N1CCCN(C)CC1. The number of rotatable bonds is 5. The maximum Gasteiger partial charge on any atom is 0.287 e. The molecule has 12 heteroatoms. The van der Waals surface area contributed by atoms with Crippen molar-refractivity contribution in [1.82, 2.24) is 19.0 Å². The molecule has 1 aliphatic heterocycles. The smallest absolute Gasteiger partial charge is 0.287 e. The van der Waals surface area contributed by atoms with Crippen LogP contribution >= 0.6 is 23.2 Å². The molecule has 0 saturated carbocycles. The Morgan fingerprint density at radius 1 is 1.19 bits per heavy atom. The highest BCUT2D eigenvalue weighted by atomic mass is 35.5. The minimum atomic E-state index is -3.73. The van der Waals surface area contributed by atoms with E-state index in [1.165, 1.54) is 23.5 Å². The van der Waals surface area contributed by atoms with Gasteiger partial charge in [0.15, 0.2) is 0 Å². The second kappa shape index (κ2) is 9.88. The van der Waals surface area contributed by atoms with Gasteiger partial charge in [0.1, 0.15) is 11.1 Å². The predicted octanol–water partition coefficient (Wildman–Crippen LogP) is 2.38. The van der Waals surface area contributed by atoms with Gasteiger partial charge in [-0.05, 0) is 51.6 Å². The van der Waals surface area contributed by atoms with Crippen LogP contribution in [0.4, 0.5) is 5.69 Å². The van der Waals surface area contributed by atoms with Crippen molar-refractivity contribution in [3.05, 3.63) is 50.4 Å². The van der Waals surface area contributed by atoms with E-state index in [0.717, 1.165) is 17.6 Å². The van der Waals surface area contributed by atoms with Gasteiger partial charge in [0, 0.05) is 25.3 Å². The van der Waals surface area contributed by atoms with Gasteiger partial charge in [-0.25, -0.2) is 13.1 Å². The second-order valence-corrected chi connectivity index (χ2v) is 10.5. The van der Waals surface area contributed by atoms with E-state index in [1.807, 2.05) is 7.05 Å². The van der Waals surface area contributed by atoms with Crippen molar-refractivity contribution in [2.24, 2.45) is 0 Å². The average molecular weight is 502 g/mol. The first-order valence-electron chi connectivity index (χ1n) is 10.1. The van der Waals surface area contributed by atoms with Crippen LogP contribution in [-0.2, 0) is 14.8 Å². The summed E-state index contributed by atoms with van der Waals surface area (Å²) in [6.07, 6.45) is 1.93. The fourth-order valence-electron chi connectivity index (χ4n) is 3.42. The number of benzene rings is 1. The molecule has 0 aliphatic carbocycles. The van der Waals surface area contributed by atoms with Crippen LogP contribution in [0.3, 0.4) is 0 Å². The molecule has 1 amide bonds. The van der Waals surface area contributed by atoms with E-state index in [2.05, 4.69) is 15.3 Å². The van der Waals surface area contributed by atoms with Gasteiger partial charge < -0.3 is 10.2 Å². The lowest BCUT2D eigenvalue weighted by molar-refractivity contribution is -0.119. The number of nitrogens with one attached hydrogen (secondary N) is 1. The van der Waals surface area contributed by atoms with E-state index in [-0.39, 0.29) is 14.9 Å². The predicted molar refractivity (Wildman–Crippen MR) is 124 cm³/mol. The van der Waals surface area contributed by atoms with Gasteiger partial charge in [0.2, 0.25) is 15.9 Å². The third-order valence-corrected chi connectivity index (χ3v) is 8.19. The van der Waals surface area contributed by atoms with Gasteiger partial charge in [-0.15, -0.1) is 0 Å². The number of anilines is 1. The normalized spacial score (nSPS) is 17.0. The van der Waals surface area contributed by atoms with Crippen LogP contribution in [-0.4, -0.2) is 66.5 Å². The highest BCUT2D eigenvalue weighted by molar-refractivity contribution is 7.89. The minimum Gasteiger partial charge on any atom is -0.324 e. The summed E-state index contributed by atoms with van der Waals surface area (Å²) in [5.41, 5.74) is 0.183. The summed E-state index contributed by atoms with van der Waals surface area (Å²) in [5.74, 6) is -0.554. The lowest BCUT2D eigenvalue weighted by Crippen LogP contribution is -2.35. The van der Waals surface area contributed by atoms with E-state index < -0.39 is 27.5 Å². The summed E-state index contributed by atoms with van der Waals surface area (Å²) in [5, 5.41) is 6.29. The van der Waals surface area contributed by atoms with E-state index in [1.54, 1.807) is 19.1 Å². The van der Waals surface area contributed by atoms with Gasteiger partial charge in [-0.1, -0.05) is 29.3 Å². The molecule has 1 aromatic heterocycles. The Morgan fingerprint density at radius 2 is 1.91 bits per heavy atom. The van der Waals surface area contributed by atoms with Gasteiger partial charge in [-0.2, -0.15) is 9.40 Å². The summed E-state index contributed by atoms with van der Waals surface area (Å²) in [4.78, 5) is 27.2. The number of aryl methyl sites for hydroxylation is 1. The Kier molecular flexibility index (Phi) is 7.61. The van der Waals surface area contributed by atoms with Crippen molar-refractivity contribution in [2.75, 3.05) is 38.5 Å². The van der Waals surface area contributed by atoms with Crippen molar-refractivity contribution < 1.29 is 13.2 Å². The first-order chi connectivity index (χ1) is 15.0. The summed E-state index contributed by atoms with van der Waals surface area (Å²) in [6.45, 7) is 5.51. The molecule has 0 spiro atoms. The van der Waals surface area contributed by atoms with Crippen LogP contribution < -0.4 is 10.9 Å². The topological polar surface area (TPSA) is 105 Å². The maximum absolute atomic E-state index is 13.3. The zero-order chi connectivity index (χ0) is 23.6. The van der Waals surface area contributed by atoms with E-state index in [4.69, 9.17) is 23.2 Å². The van der Waals surface area contributed by atoms with E-state index in [9.17, 15) is 18.0 Å². The van der Waals surface area contributed by atoms with E-state index >= 15 is 0 Å². The van der Waals surface area contributed by atoms with Crippen LogP contribution in [0.1, 0.15) is 24.9 Å². The molecule has 1 N–H and O–H groups in total. The van der Waals surface area contributed by atoms with Crippen LogP contribution in [0.15, 0.2) is 34.1 Å². The zero-order valence-corrected chi connectivity index (χ0v) is 20.3. The number of halogens is 2. The highest BCUT2D eigenvalue weighted by Crippen LogP contribution is 2.25. The average Bonchev–Trinajstić information content (AvgIpc) is 2.98. The third kappa shape index (κ3) is 5.15. The van der Waals surface area contributed by atoms with Crippen LogP contribution in [0, 0.1) is 6.92 Å². The molecule has 3 rings (SSSR count). The van der Waals surface area contributed by atoms with Crippen LogP contribution in [0.5, 0.6) is 0 Å². The molecule has 0 unspecified atom stereocenters. The van der Waals surface area contributed by atoms with Gasteiger partial charge in [-0.3, -0.25) is 9.59 Å². The maximum atomic E-state index is 13.3. The number of carbonyl (C=O) groups excluding carboxylic acids is 1. The first-order valence-corrected chi connectivity index (χ1v) is 12.2. The fourth-order valence-corrected chi connectivity index (χ4v) is 5.40. The van der Waals surface area contributed by atoms with Crippen molar-refractivity contribution in [2.45, 2.75) is 31.2 Å². The lowest BCUT2D eigenvalue weighted by atomic mass is 10.2. The summed E-state index contributed by atoms with van der Waals surface area (Å²) in [6, 6.07) is 3.69. The molecule has 174 valence electrons. The molecule has 9 nitrogen and oxygen atoms in total. The van der Waals surface area contributed by atoms with Gasteiger partial charge >= 0.3 is 0 Å². The van der Waals surface area contributed by atoms with Crippen molar-refractivity contribution in [1.29, 1.82) is 0 Å². The number of hydrogen-bond donors (Lipinski definition) is 1. The fraction of sp³-hybridized carbons (Fsp3) is 0.450. The molecule has 2 aromatic rings. The standard InChI is InChI=1S/C20H25Cl2N5O4S/c1-13-5-6-15(11-17(13)32(30,31)26-8-4-7-25(3)9-10-26)24-19(28)14(2)27-20(29)18(22)16(21)12-23-27/h5-6,11-12,14H,4,7-10H2,1-3H3,(H,24,28)/t14-/m0/s1. The minimum absolute atomic E-state index is 0.00591. The second-order valence-electron chi connectivity index (χ2n) is 7.76. The number of aromatic nitrogens is 2. The molecular formula is C20H25Cl2N5O4S. The number of likely N-dealkylation sites (N-methyl/N-ethyl adjacent to an activating group) is 1. The zero-order valence-electron chi connectivity index (χ0n) is 18.0. The number of carbonyl (C=O) groups is 1. The molecule has 1 fully saturated rings. The molecule has 1 aliphatic rings. The molecule has 1 atom stereocenters. The Morgan fingerprint density at radius 3 is 2.62 bits per heavy atom. The van der Waals surface area contributed by atoms with Gasteiger partial charge in [0.25, 0.3) is 5.56 Å². The number of sulfonamides is 1. The number of nitrogens with zero attached hydrogens (tertiary/aromatic N) is 4. The molecule has 2 heterocycles. The Hall–Kier alpha value is -1.98. The number of amides is 1. The molecule has 0 bridgehead atoms. The van der Waals surface area contributed by atoms with Crippen LogP contribution in [0.25, 0.3) is 0 Å². The monoisotopic (exact) mass is 501 g/mol. The molecular weight excluding hydrogens is 477 g/mol. The highest BCUT2D eigenvalue weighted by Gasteiger charge is 2.28. The summed E-state index contributed by atoms with van der Waals surface area (Å²) >= 11 is 11.6. The van der Waals surface area contributed by atoms with Crippen molar-refractivity contribution in [3.63, 3.8) is 0 Å². The van der Waals surface area contributed by atoms with Gasteiger partial charge in [0.05, 0.1) is 16.1 Å². The van der Waals surface area contributed by atoms with E-state index in [0.29, 0.717) is 30.9 Å². The van der Waals surface area contributed by atoms with Crippen molar-refractivity contribution >= 4 is 44.8 Å². The Balaban J connectivity index is 1.85. The number of hydrogen-bond acceptors (Lipinski definition) is 6. The first kappa shape index (κ1) is 24.7. The molecule has 1 aromatic carbocycles. The van der Waals surface area contributed by atoms with Crippen LogP contribution in [0.2, 0.25) is 10.0 Å².